The minimum atomic E-state index is -3.62. The Morgan fingerprint density at radius 2 is 1.93 bits per heavy atom. The van der Waals surface area contributed by atoms with Gasteiger partial charge in [-0.25, -0.2) is 17.5 Å². The Morgan fingerprint density at radius 1 is 1.22 bits per heavy atom. The summed E-state index contributed by atoms with van der Waals surface area (Å²) in [7, 11) is -1.76. The second kappa shape index (κ2) is 7.88. The monoisotopic (exact) mass is 390 g/mol. The number of rotatable bonds is 6. The van der Waals surface area contributed by atoms with Crippen molar-refractivity contribution in [1.29, 1.82) is 0 Å². The maximum Gasteiger partial charge on any atom is 0.216 e. The molecule has 1 atom stereocenters. The van der Waals surface area contributed by atoms with Crippen LogP contribution in [0.2, 0.25) is 0 Å². The molecular formula is C20H23FN2O3S. The van der Waals surface area contributed by atoms with Crippen LogP contribution < -0.4 is 4.72 Å². The molecule has 1 aliphatic heterocycles. The normalized spacial score (nSPS) is 18.0. The molecule has 1 aliphatic rings. The first kappa shape index (κ1) is 19.7. The molecule has 0 radical (unpaired) electrons. The van der Waals surface area contributed by atoms with Crippen LogP contribution in [0.3, 0.4) is 0 Å². The summed E-state index contributed by atoms with van der Waals surface area (Å²) in [5.74, 6) is -1.19. The third kappa shape index (κ3) is 4.43. The van der Waals surface area contributed by atoms with Crippen molar-refractivity contribution in [2.24, 2.45) is 0 Å². The summed E-state index contributed by atoms with van der Waals surface area (Å²) in [6, 6.07) is 12.5. The number of carbonyl (C=O) groups is 1. The molecule has 1 unspecified atom stereocenters. The van der Waals surface area contributed by atoms with Gasteiger partial charge in [0.15, 0.2) is 5.78 Å². The number of sulfonamides is 1. The van der Waals surface area contributed by atoms with E-state index in [-0.39, 0.29) is 5.56 Å². The van der Waals surface area contributed by atoms with E-state index in [1.807, 2.05) is 42.3 Å². The Hall–Kier alpha value is -2.09. The Morgan fingerprint density at radius 3 is 2.56 bits per heavy atom. The molecule has 5 nitrogen and oxygen atoms in total. The lowest BCUT2D eigenvalue weighted by Gasteiger charge is -2.14. The zero-order valence-electron chi connectivity index (χ0n) is 15.4. The lowest BCUT2D eigenvalue weighted by Crippen LogP contribution is -2.38. The molecule has 2 aromatic carbocycles. The molecule has 0 amide bonds. The number of halogens is 1. The fraction of sp³-hybridized carbons (Fsp3) is 0.350. The summed E-state index contributed by atoms with van der Waals surface area (Å²) < 4.78 is 41.6. The molecule has 27 heavy (non-hydrogen) atoms. The molecule has 0 bridgehead atoms. The van der Waals surface area contributed by atoms with Crippen LogP contribution in [0.1, 0.15) is 22.3 Å². The van der Waals surface area contributed by atoms with Gasteiger partial charge in [0.2, 0.25) is 10.0 Å². The van der Waals surface area contributed by atoms with Crippen molar-refractivity contribution in [2.45, 2.75) is 18.6 Å². The molecule has 0 aromatic heterocycles. The van der Waals surface area contributed by atoms with E-state index >= 15 is 0 Å². The molecular weight excluding hydrogens is 367 g/mol. The van der Waals surface area contributed by atoms with Gasteiger partial charge in [0, 0.05) is 6.54 Å². The van der Waals surface area contributed by atoms with Crippen LogP contribution in [0.4, 0.5) is 4.39 Å². The van der Waals surface area contributed by atoms with Gasteiger partial charge in [0.1, 0.15) is 5.82 Å². The number of likely N-dealkylation sites (tertiary alicyclic amines) is 1. The Bertz CT molecular complexity index is 945. The van der Waals surface area contributed by atoms with Crippen molar-refractivity contribution < 1.29 is 17.6 Å². The fourth-order valence-corrected chi connectivity index (χ4v) is 4.73. The molecule has 2 aromatic rings. The van der Waals surface area contributed by atoms with Gasteiger partial charge < -0.3 is 4.90 Å². The number of aryl methyl sites for hydroxylation is 1. The first-order valence-corrected chi connectivity index (χ1v) is 10.4. The van der Waals surface area contributed by atoms with Crippen LogP contribution in [0, 0.1) is 12.7 Å². The van der Waals surface area contributed by atoms with E-state index in [1.54, 1.807) is 13.0 Å². The first-order valence-electron chi connectivity index (χ1n) is 8.83. The predicted molar refractivity (Wildman–Crippen MR) is 104 cm³/mol. The molecule has 0 aliphatic carbocycles. The van der Waals surface area contributed by atoms with Crippen LogP contribution >= 0.6 is 0 Å². The van der Waals surface area contributed by atoms with Crippen LogP contribution in [0.5, 0.6) is 0 Å². The molecule has 1 fully saturated rings. The summed E-state index contributed by atoms with van der Waals surface area (Å²) in [5.41, 5.74) is 1.84. The number of ketones is 1. The second-order valence-corrected chi connectivity index (χ2v) is 9.03. The smallest absolute Gasteiger partial charge is 0.216 e. The van der Waals surface area contributed by atoms with E-state index in [0.717, 1.165) is 11.1 Å². The molecule has 3 rings (SSSR count). The molecule has 1 saturated heterocycles. The zero-order chi connectivity index (χ0) is 19.6. The highest BCUT2D eigenvalue weighted by Gasteiger charge is 2.31. The number of nitrogens with zero attached hydrogens (tertiary/aromatic N) is 1. The van der Waals surface area contributed by atoms with Crippen molar-refractivity contribution in [3.8, 4) is 11.1 Å². The Labute approximate surface area is 159 Å². The van der Waals surface area contributed by atoms with Gasteiger partial charge in [0.25, 0.3) is 0 Å². The minimum absolute atomic E-state index is 0.0971. The van der Waals surface area contributed by atoms with Crippen LogP contribution in [0.15, 0.2) is 42.5 Å². The predicted octanol–water partition coefficient (Wildman–Crippen LogP) is 2.61. The first-order chi connectivity index (χ1) is 12.8. The summed E-state index contributed by atoms with van der Waals surface area (Å²) in [6.07, 6.45) is 0.525. The number of nitrogens with one attached hydrogen (secondary N) is 1. The minimum Gasteiger partial charge on any atom is -0.305 e. The van der Waals surface area contributed by atoms with Crippen molar-refractivity contribution >= 4 is 15.8 Å². The number of carbonyl (C=O) groups excluding carboxylic acids is 1. The third-order valence-electron chi connectivity index (χ3n) is 4.88. The number of hydrogen-bond acceptors (Lipinski definition) is 4. The largest absolute Gasteiger partial charge is 0.305 e. The highest BCUT2D eigenvalue weighted by molar-refractivity contribution is 7.90. The Kier molecular flexibility index (Phi) is 5.74. The quantitative estimate of drug-likeness (QED) is 0.770. The lowest BCUT2D eigenvalue weighted by atomic mass is 9.98. The summed E-state index contributed by atoms with van der Waals surface area (Å²) in [4.78, 5) is 14.5. The second-order valence-electron chi connectivity index (χ2n) is 6.98. The van der Waals surface area contributed by atoms with Gasteiger partial charge in [-0.05, 0) is 55.8 Å². The molecule has 0 spiro atoms. The van der Waals surface area contributed by atoms with E-state index in [1.165, 1.54) is 6.07 Å². The molecule has 1 N–H and O–H groups in total. The van der Waals surface area contributed by atoms with Gasteiger partial charge in [-0.3, -0.25) is 4.79 Å². The van der Waals surface area contributed by atoms with Gasteiger partial charge >= 0.3 is 0 Å². The summed E-state index contributed by atoms with van der Waals surface area (Å²) in [5, 5.41) is -0.544. The van der Waals surface area contributed by atoms with Crippen LogP contribution in [0.25, 0.3) is 11.1 Å². The molecule has 0 saturated carbocycles. The van der Waals surface area contributed by atoms with Crippen molar-refractivity contribution in [3.05, 3.63) is 59.4 Å². The average Bonchev–Trinajstić information content (AvgIpc) is 3.10. The number of Topliss-reactive ketones (excluding diaryl/α,β-unsaturated/α-hetero) is 1. The van der Waals surface area contributed by atoms with E-state index in [9.17, 15) is 17.6 Å². The standard InChI is InChI=1S/C20H23FN2O3S/c1-14-10-16(15-6-4-3-5-7-15)11-18(20(14)21)19(24)12-22-27(25,26)17-8-9-23(2)13-17/h3-7,10-11,17,22H,8-9,12-13H2,1-2H3. The fourth-order valence-electron chi connectivity index (χ4n) is 3.30. The van der Waals surface area contributed by atoms with Crippen molar-refractivity contribution in [1.82, 2.24) is 9.62 Å². The SMILES string of the molecule is Cc1cc(-c2ccccc2)cc(C(=O)CNS(=O)(=O)C2CCN(C)C2)c1F. The maximum atomic E-state index is 14.5. The van der Waals surface area contributed by atoms with Crippen LogP contribution in [-0.2, 0) is 10.0 Å². The Balaban J connectivity index is 1.79. The van der Waals surface area contributed by atoms with E-state index in [2.05, 4.69) is 4.72 Å². The van der Waals surface area contributed by atoms with E-state index < -0.39 is 33.4 Å². The molecule has 7 heteroatoms. The van der Waals surface area contributed by atoms with E-state index in [4.69, 9.17) is 0 Å². The molecule has 144 valence electrons. The zero-order valence-corrected chi connectivity index (χ0v) is 16.2. The van der Waals surface area contributed by atoms with Crippen LogP contribution in [-0.4, -0.2) is 51.0 Å². The molecule has 1 heterocycles. The highest BCUT2D eigenvalue weighted by Crippen LogP contribution is 2.25. The highest BCUT2D eigenvalue weighted by atomic mass is 32.2. The topological polar surface area (TPSA) is 66.5 Å². The number of benzene rings is 2. The summed E-state index contributed by atoms with van der Waals surface area (Å²) in [6.45, 7) is 2.28. The van der Waals surface area contributed by atoms with Crippen molar-refractivity contribution in [2.75, 3.05) is 26.7 Å². The van der Waals surface area contributed by atoms with Gasteiger partial charge in [0.05, 0.1) is 17.4 Å². The van der Waals surface area contributed by atoms with Gasteiger partial charge in [-0.2, -0.15) is 0 Å². The van der Waals surface area contributed by atoms with Gasteiger partial charge in [-0.15, -0.1) is 0 Å². The number of hydrogen-bond donors (Lipinski definition) is 1. The van der Waals surface area contributed by atoms with Gasteiger partial charge in [-0.1, -0.05) is 30.3 Å². The lowest BCUT2D eigenvalue weighted by molar-refractivity contribution is 0.0993. The maximum absolute atomic E-state index is 14.5. The van der Waals surface area contributed by atoms with Crippen molar-refractivity contribution in [3.63, 3.8) is 0 Å². The third-order valence-corrected chi connectivity index (χ3v) is 6.69. The average molecular weight is 390 g/mol. The van der Waals surface area contributed by atoms with E-state index in [0.29, 0.717) is 25.1 Å². The summed E-state index contributed by atoms with van der Waals surface area (Å²) >= 11 is 0.